The number of carbonyl (C=O) groups is 1. The first kappa shape index (κ1) is 39.6. The Hall–Kier alpha value is -2.85. The van der Waals surface area contributed by atoms with E-state index in [-0.39, 0.29) is 40.8 Å². The van der Waals surface area contributed by atoms with E-state index < -0.39 is 0 Å². The summed E-state index contributed by atoms with van der Waals surface area (Å²) in [5.41, 5.74) is 6.45. The van der Waals surface area contributed by atoms with Crippen LogP contribution in [0.15, 0.2) is 61.0 Å². The molecule has 6 nitrogen and oxygen atoms in total. The van der Waals surface area contributed by atoms with E-state index in [1.54, 1.807) is 11.1 Å². The fourth-order valence-corrected chi connectivity index (χ4v) is 8.69. The zero-order chi connectivity index (χ0) is 35.7. The zero-order valence-electron chi connectivity index (χ0n) is 30.7. The number of hydrogen-bond donors (Lipinski definition) is 3. The molecule has 6 rings (SSSR count). The van der Waals surface area contributed by atoms with E-state index in [1.807, 2.05) is 5.92 Å². The van der Waals surface area contributed by atoms with E-state index in [0.29, 0.717) is 30.2 Å². The Labute approximate surface area is 291 Å². The van der Waals surface area contributed by atoms with Crippen molar-refractivity contribution in [1.29, 1.82) is 0 Å². The van der Waals surface area contributed by atoms with Gasteiger partial charge in [0.25, 0.3) is 0 Å². The van der Waals surface area contributed by atoms with E-state index >= 15 is 0 Å². The summed E-state index contributed by atoms with van der Waals surface area (Å²) in [4.78, 5) is 10.4. The molecule has 5 aliphatic rings. The minimum absolute atomic E-state index is 0.0498. The van der Waals surface area contributed by atoms with Crippen molar-refractivity contribution in [2.75, 3.05) is 19.8 Å². The molecule has 1 heterocycles. The molecule has 48 heavy (non-hydrogen) atoms. The van der Waals surface area contributed by atoms with Crippen LogP contribution in [0.5, 0.6) is 0 Å². The Balaban J connectivity index is 0.000000355. The van der Waals surface area contributed by atoms with Gasteiger partial charge in [-0.3, -0.25) is 4.79 Å². The number of carbonyl (C=O) groups excluding carboxylic acids is 1. The van der Waals surface area contributed by atoms with Gasteiger partial charge < -0.3 is 25.0 Å². The Bertz CT molecular complexity index is 1300. The van der Waals surface area contributed by atoms with Crippen LogP contribution in [0.2, 0.25) is 0 Å². The third-order valence-corrected chi connectivity index (χ3v) is 11.1. The van der Waals surface area contributed by atoms with E-state index in [1.165, 1.54) is 36.8 Å². The second kappa shape index (κ2) is 17.2. The molecule has 6 heteroatoms. The molecule has 1 aliphatic heterocycles. The SMILES string of the molecule is C#CC(=O)CCNC(=C)O.C=C.CCC.Cc1ccc(C2CC3(C)C(O)CCC3C3CCC4CC5(CCC4=C23)OCC(C)(C)CO5)cc1. The first-order valence-electron chi connectivity index (χ1n) is 18.1. The molecule has 1 aromatic carbocycles. The summed E-state index contributed by atoms with van der Waals surface area (Å²) in [7, 11) is 0. The molecule has 3 saturated carbocycles. The third kappa shape index (κ3) is 9.23. The highest BCUT2D eigenvalue weighted by Gasteiger charge is 2.57. The summed E-state index contributed by atoms with van der Waals surface area (Å²) < 4.78 is 12.9. The maximum absolute atomic E-state index is 11.1. The first-order valence-corrected chi connectivity index (χ1v) is 18.1. The Kier molecular flexibility index (Phi) is 14.2. The van der Waals surface area contributed by atoms with Crippen LogP contribution in [0, 0.1) is 47.9 Å². The quantitative estimate of drug-likeness (QED) is 0.126. The number of aryl methyl sites for hydroxylation is 1. The molecule has 6 atom stereocenters. The molecule has 6 unspecified atom stereocenters. The summed E-state index contributed by atoms with van der Waals surface area (Å²) >= 11 is 0. The van der Waals surface area contributed by atoms with E-state index in [4.69, 9.17) is 21.0 Å². The van der Waals surface area contributed by atoms with Gasteiger partial charge in [0, 0.05) is 37.1 Å². The highest BCUT2D eigenvalue weighted by molar-refractivity contribution is 5.94. The highest BCUT2D eigenvalue weighted by atomic mass is 16.7. The van der Waals surface area contributed by atoms with Crippen molar-refractivity contribution in [3.05, 3.63) is 72.2 Å². The Morgan fingerprint density at radius 3 is 2.25 bits per heavy atom. The lowest BCUT2D eigenvalue weighted by Crippen LogP contribution is -2.52. The minimum Gasteiger partial charge on any atom is -0.495 e. The summed E-state index contributed by atoms with van der Waals surface area (Å²) in [6, 6.07) is 9.27. The average Bonchev–Trinajstić information content (AvgIpc) is 3.37. The predicted molar refractivity (Wildman–Crippen MR) is 196 cm³/mol. The van der Waals surface area contributed by atoms with Crippen molar-refractivity contribution in [1.82, 2.24) is 5.32 Å². The summed E-state index contributed by atoms with van der Waals surface area (Å²) in [5, 5.41) is 22.0. The van der Waals surface area contributed by atoms with Gasteiger partial charge in [0.2, 0.25) is 5.78 Å². The maximum atomic E-state index is 11.1. The van der Waals surface area contributed by atoms with Gasteiger partial charge in [-0.15, -0.1) is 19.6 Å². The lowest BCUT2D eigenvalue weighted by molar-refractivity contribution is -0.312. The zero-order valence-corrected chi connectivity index (χ0v) is 30.7. The molecule has 1 saturated heterocycles. The van der Waals surface area contributed by atoms with Gasteiger partial charge in [-0.05, 0) is 86.7 Å². The first-order chi connectivity index (χ1) is 22.8. The summed E-state index contributed by atoms with van der Waals surface area (Å²) in [6.45, 7) is 24.4. The molecule has 0 amide bonds. The average molecular weight is 662 g/mol. The molecule has 0 aromatic heterocycles. The number of nitrogens with one attached hydrogen (secondary N) is 1. The van der Waals surface area contributed by atoms with Crippen LogP contribution in [0.4, 0.5) is 0 Å². The van der Waals surface area contributed by atoms with Crippen LogP contribution >= 0.6 is 0 Å². The van der Waals surface area contributed by atoms with E-state index in [0.717, 1.165) is 45.3 Å². The summed E-state index contributed by atoms with van der Waals surface area (Å²) in [5.74, 6) is 3.47. The number of aliphatic hydroxyl groups excluding tert-OH is 2. The molecular weight excluding hydrogens is 598 g/mol. The number of ether oxygens (including phenoxy) is 2. The van der Waals surface area contributed by atoms with Crippen molar-refractivity contribution < 1.29 is 24.5 Å². The van der Waals surface area contributed by atoms with Gasteiger partial charge in [-0.1, -0.05) is 82.0 Å². The number of Topliss-reactive ketones (excluding diaryl/α,β-unsaturated/α-hetero) is 1. The number of benzene rings is 1. The number of terminal acetylenes is 1. The number of hydrogen-bond acceptors (Lipinski definition) is 6. The Morgan fingerprint density at radius 1 is 1.04 bits per heavy atom. The van der Waals surface area contributed by atoms with Crippen LogP contribution in [0.25, 0.3) is 0 Å². The van der Waals surface area contributed by atoms with Crippen molar-refractivity contribution in [3.63, 3.8) is 0 Å². The topological polar surface area (TPSA) is 88.0 Å². The smallest absolute Gasteiger partial charge is 0.206 e. The number of fused-ring (bicyclic) bond motifs is 4. The molecule has 0 radical (unpaired) electrons. The molecule has 4 aliphatic carbocycles. The van der Waals surface area contributed by atoms with Crippen molar-refractivity contribution in [2.24, 2.45) is 28.6 Å². The van der Waals surface area contributed by atoms with E-state index in [2.05, 4.69) is 90.9 Å². The number of rotatable bonds is 5. The van der Waals surface area contributed by atoms with Crippen LogP contribution in [0.1, 0.15) is 116 Å². The van der Waals surface area contributed by atoms with Gasteiger partial charge in [0.15, 0.2) is 11.7 Å². The van der Waals surface area contributed by atoms with Crippen LogP contribution in [0.3, 0.4) is 0 Å². The molecule has 4 fully saturated rings. The van der Waals surface area contributed by atoms with Crippen molar-refractivity contribution in [2.45, 2.75) is 124 Å². The van der Waals surface area contributed by atoms with Crippen LogP contribution in [-0.2, 0) is 14.3 Å². The number of allylic oxidation sites excluding steroid dienone is 2. The molecule has 3 N–H and O–H groups in total. The number of ketones is 1. The third-order valence-electron chi connectivity index (χ3n) is 11.1. The molecule has 0 bridgehead atoms. The minimum atomic E-state index is -0.358. The fourth-order valence-electron chi connectivity index (χ4n) is 8.69. The van der Waals surface area contributed by atoms with Crippen molar-refractivity contribution in [3.8, 4) is 12.3 Å². The largest absolute Gasteiger partial charge is 0.495 e. The normalized spacial score (nSPS) is 30.6. The standard InChI is InChI=1S/C30H42O3.C7H9NO2.C3H8.C2H4/c1-19-5-7-20(8-6-19)24-16-29(4)25(11-12-26(29)31)23-10-9-21-15-30(14-13-22(21)27(23)24)32-17-28(2,3)18-33-30;1-3-7(10)4-5-8-6(2)9;1-3-2;1-2/h5-8,21,23-26,31H,9-18H2,1-4H3;1,8-9H,2,4-5H2;3H2,1-2H3;1-2H2. The molecule has 1 aromatic rings. The second-order valence-electron chi connectivity index (χ2n) is 15.5. The van der Waals surface area contributed by atoms with Gasteiger partial charge in [0.1, 0.15) is 0 Å². The van der Waals surface area contributed by atoms with E-state index in [9.17, 15) is 9.90 Å². The monoisotopic (exact) mass is 661 g/mol. The maximum Gasteiger partial charge on any atom is 0.206 e. The Morgan fingerprint density at radius 2 is 1.67 bits per heavy atom. The molecular formula is C42H63NO5. The summed E-state index contributed by atoms with van der Waals surface area (Å²) in [6.07, 6.45) is 15.0. The lowest BCUT2D eigenvalue weighted by atomic mass is 9.52. The van der Waals surface area contributed by atoms with Crippen molar-refractivity contribution >= 4 is 5.78 Å². The van der Waals surface area contributed by atoms with Crippen LogP contribution in [-0.4, -0.2) is 47.6 Å². The highest BCUT2D eigenvalue weighted by Crippen LogP contribution is 2.65. The van der Waals surface area contributed by atoms with Gasteiger partial charge in [-0.25, -0.2) is 0 Å². The molecule has 1 spiro atoms. The van der Waals surface area contributed by atoms with Gasteiger partial charge in [-0.2, -0.15) is 0 Å². The van der Waals surface area contributed by atoms with Gasteiger partial charge in [0.05, 0.1) is 19.3 Å². The molecule has 266 valence electrons. The van der Waals surface area contributed by atoms with Gasteiger partial charge >= 0.3 is 0 Å². The lowest BCUT2D eigenvalue weighted by Gasteiger charge is -2.55. The second-order valence-corrected chi connectivity index (χ2v) is 15.5. The predicted octanol–water partition coefficient (Wildman–Crippen LogP) is 8.95. The fraction of sp³-hybridized carbons (Fsp3) is 0.643. The number of aliphatic hydroxyl groups is 2. The van der Waals surface area contributed by atoms with Crippen LogP contribution < -0.4 is 5.32 Å².